The minimum Gasteiger partial charge on any atom is -0.377 e. The molecular weight excluding hydrogens is 277 g/mol. The minimum absolute atomic E-state index is 0.0982. The summed E-state index contributed by atoms with van der Waals surface area (Å²) in [6, 6.07) is 2.02. The predicted octanol–water partition coefficient (Wildman–Crippen LogP) is 1.79. The van der Waals surface area contributed by atoms with Crippen LogP contribution in [0.2, 0.25) is 5.02 Å². The normalized spacial score (nSPS) is 19.2. The highest BCUT2D eigenvalue weighted by atomic mass is 35.5. The number of anilines is 1. The van der Waals surface area contributed by atoms with Crippen molar-refractivity contribution in [3.05, 3.63) is 33.1 Å². The number of benzene rings is 1. The van der Waals surface area contributed by atoms with Crippen LogP contribution >= 0.6 is 11.6 Å². The van der Waals surface area contributed by atoms with Crippen LogP contribution in [-0.2, 0) is 4.74 Å². The summed E-state index contributed by atoms with van der Waals surface area (Å²) in [6.45, 7) is 2.38. The van der Waals surface area contributed by atoms with Gasteiger partial charge in [-0.3, -0.25) is 10.1 Å². The standard InChI is InChI=1S/C11H13ClFN3O3/c12-8-3-11(16(17)18)10(4-9(8)13)15-6-7-5-14-1-2-19-7/h3-4,7,14-15H,1-2,5-6H2. The smallest absolute Gasteiger partial charge is 0.294 e. The van der Waals surface area contributed by atoms with Gasteiger partial charge in [-0.15, -0.1) is 0 Å². The molecule has 104 valence electrons. The van der Waals surface area contributed by atoms with Crippen molar-refractivity contribution in [2.75, 3.05) is 31.6 Å². The molecule has 0 saturated carbocycles. The second-order valence-corrected chi connectivity index (χ2v) is 4.53. The Morgan fingerprint density at radius 3 is 3.05 bits per heavy atom. The Kier molecular flexibility index (Phi) is 4.52. The monoisotopic (exact) mass is 289 g/mol. The lowest BCUT2D eigenvalue weighted by Gasteiger charge is -2.24. The topological polar surface area (TPSA) is 76.4 Å². The van der Waals surface area contributed by atoms with Crippen LogP contribution in [0.1, 0.15) is 0 Å². The van der Waals surface area contributed by atoms with E-state index in [2.05, 4.69) is 10.6 Å². The highest BCUT2D eigenvalue weighted by Crippen LogP contribution is 2.30. The van der Waals surface area contributed by atoms with Crippen LogP contribution in [0, 0.1) is 15.9 Å². The van der Waals surface area contributed by atoms with Crippen molar-refractivity contribution < 1.29 is 14.1 Å². The second-order valence-electron chi connectivity index (χ2n) is 4.12. The summed E-state index contributed by atoms with van der Waals surface area (Å²) in [5, 5.41) is 16.6. The molecule has 0 amide bonds. The molecule has 0 radical (unpaired) electrons. The molecule has 1 unspecified atom stereocenters. The fourth-order valence-corrected chi connectivity index (χ4v) is 1.96. The van der Waals surface area contributed by atoms with Crippen LogP contribution in [0.4, 0.5) is 15.8 Å². The van der Waals surface area contributed by atoms with E-state index in [0.29, 0.717) is 19.7 Å². The van der Waals surface area contributed by atoms with Gasteiger partial charge in [0.05, 0.1) is 22.7 Å². The molecule has 0 aliphatic carbocycles. The number of nitrogens with zero attached hydrogens (tertiary/aromatic N) is 1. The molecule has 1 fully saturated rings. The molecule has 6 nitrogen and oxygen atoms in total. The van der Waals surface area contributed by atoms with Crippen molar-refractivity contribution in [2.45, 2.75) is 6.10 Å². The lowest BCUT2D eigenvalue weighted by molar-refractivity contribution is -0.384. The molecule has 1 aromatic carbocycles. The Hall–Kier alpha value is -1.44. The van der Waals surface area contributed by atoms with Gasteiger partial charge >= 0.3 is 0 Å². The first-order chi connectivity index (χ1) is 9.08. The Labute approximate surface area is 114 Å². The van der Waals surface area contributed by atoms with Crippen molar-refractivity contribution >= 4 is 23.0 Å². The number of halogens is 2. The third-order valence-electron chi connectivity index (χ3n) is 2.76. The molecular formula is C11H13ClFN3O3. The second kappa shape index (κ2) is 6.14. The Bertz CT molecular complexity index is 480. The van der Waals surface area contributed by atoms with Crippen molar-refractivity contribution in [3.8, 4) is 0 Å². The molecule has 1 heterocycles. The third kappa shape index (κ3) is 3.52. The lowest BCUT2D eigenvalue weighted by Crippen LogP contribution is -2.42. The van der Waals surface area contributed by atoms with Crippen LogP contribution in [0.3, 0.4) is 0 Å². The molecule has 8 heteroatoms. The summed E-state index contributed by atoms with van der Waals surface area (Å²) >= 11 is 5.54. The first-order valence-electron chi connectivity index (χ1n) is 5.77. The number of ether oxygens (including phenoxy) is 1. The Morgan fingerprint density at radius 1 is 1.63 bits per heavy atom. The number of morpholine rings is 1. The van der Waals surface area contributed by atoms with Crippen molar-refractivity contribution in [1.82, 2.24) is 5.32 Å². The van der Waals surface area contributed by atoms with Crippen LogP contribution in [0.5, 0.6) is 0 Å². The zero-order valence-electron chi connectivity index (χ0n) is 9.99. The summed E-state index contributed by atoms with van der Waals surface area (Å²) < 4.78 is 18.8. The molecule has 0 bridgehead atoms. The molecule has 1 saturated heterocycles. The SMILES string of the molecule is O=[N+]([O-])c1cc(Cl)c(F)cc1NCC1CNCCO1. The van der Waals surface area contributed by atoms with Crippen LogP contribution in [-0.4, -0.2) is 37.3 Å². The summed E-state index contributed by atoms with van der Waals surface area (Å²) in [5.41, 5.74) is -0.156. The number of nitrogens with one attached hydrogen (secondary N) is 2. The average Bonchev–Trinajstić information content (AvgIpc) is 2.40. The van der Waals surface area contributed by atoms with Crippen molar-refractivity contribution in [2.24, 2.45) is 0 Å². The fourth-order valence-electron chi connectivity index (χ4n) is 1.80. The maximum Gasteiger partial charge on any atom is 0.294 e. The van der Waals surface area contributed by atoms with Gasteiger partial charge in [-0.25, -0.2) is 4.39 Å². The van der Waals surface area contributed by atoms with Crippen LogP contribution in [0.25, 0.3) is 0 Å². The first kappa shape index (κ1) is 14.0. The van der Waals surface area contributed by atoms with E-state index >= 15 is 0 Å². The van der Waals surface area contributed by atoms with Crippen molar-refractivity contribution in [1.29, 1.82) is 0 Å². The van der Waals surface area contributed by atoms with Gasteiger partial charge in [0, 0.05) is 31.8 Å². The maximum absolute atomic E-state index is 13.4. The van der Waals surface area contributed by atoms with Gasteiger partial charge in [-0.1, -0.05) is 11.6 Å². The number of rotatable bonds is 4. The Morgan fingerprint density at radius 2 is 2.42 bits per heavy atom. The number of hydrogen-bond donors (Lipinski definition) is 2. The summed E-state index contributed by atoms with van der Waals surface area (Å²) in [7, 11) is 0. The number of hydrogen-bond acceptors (Lipinski definition) is 5. The van der Waals surface area contributed by atoms with E-state index in [1.54, 1.807) is 0 Å². The summed E-state index contributed by atoms with van der Waals surface area (Å²) in [4.78, 5) is 10.3. The predicted molar refractivity (Wildman–Crippen MR) is 69.2 cm³/mol. The van der Waals surface area contributed by atoms with E-state index in [9.17, 15) is 14.5 Å². The zero-order valence-corrected chi connectivity index (χ0v) is 10.7. The van der Waals surface area contributed by atoms with E-state index < -0.39 is 10.7 Å². The van der Waals surface area contributed by atoms with Crippen LogP contribution in [0.15, 0.2) is 12.1 Å². The molecule has 2 rings (SSSR count). The third-order valence-corrected chi connectivity index (χ3v) is 3.05. The van der Waals surface area contributed by atoms with Gasteiger partial charge < -0.3 is 15.4 Å². The van der Waals surface area contributed by atoms with E-state index in [1.165, 1.54) is 0 Å². The van der Waals surface area contributed by atoms with Crippen molar-refractivity contribution in [3.63, 3.8) is 0 Å². The fraction of sp³-hybridized carbons (Fsp3) is 0.455. The van der Waals surface area contributed by atoms with Gasteiger partial charge in [0.25, 0.3) is 5.69 Å². The molecule has 1 aliphatic rings. The van der Waals surface area contributed by atoms with Gasteiger partial charge in [-0.05, 0) is 0 Å². The molecule has 1 atom stereocenters. The molecule has 1 aromatic rings. The summed E-state index contributed by atoms with van der Waals surface area (Å²) in [6.07, 6.45) is -0.105. The molecule has 1 aliphatic heterocycles. The van der Waals surface area contributed by atoms with E-state index in [1.807, 2.05) is 0 Å². The number of nitro groups is 1. The molecule has 0 spiro atoms. The lowest BCUT2D eigenvalue weighted by atomic mass is 10.2. The van der Waals surface area contributed by atoms with Gasteiger partial charge in [0.2, 0.25) is 0 Å². The van der Waals surface area contributed by atoms with E-state index in [-0.39, 0.29) is 22.5 Å². The van der Waals surface area contributed by atoms with Crippen LogP contribution < -0.4 is 10.6 Å². The minimum atomic E-state index is -0.697. The maximum atomic E-state index is 13.4. The van der Waals surface area contributed by atoms with E-state index in [4.69, 9.17) is 16.3 Å². The molecule has 0 aromatic heterocycles. The van der Waals surface area contributed by atoms with Gasteiger partial charge in [0.15, 0.2) is 0 Å². The molecule has 2 N–H and O–H groups in total. The summed E-state index contributed by atoms with van der Waals surface area (Å²) in [5.74, 6) is -0.697. The first-order valence-corrected chi connectivity index (χ1v) is 6.15. The quantitative estimate of drug-likeness (QED) is 0.653. The van der Waals surface area contributed by atoms with Gasteiger partial charge in [0.1, 0.15) is 11.5 Å². The highest BCUT2D eigenvalue weighted by Gasteiger charge is 2.19. The average molecular weight is 290 g/mol. The zero-order chi connectivity index (χ0) is 13.8. The number of nitro benzene ring substituents is 1. The molecule has 19 heavy (non-hydrogen) atoms. The Balaban J connectivity index is 2.09. The largest absolute Gasteiger partial charge is 0.377 e. The van der Waals surface area contributed by atoms with Gasteiger partial charge in [-0.2, -0.15) is 0 Å². The highest BCUT2D eigenvalue weighted by molar-refractivity contribution is 6.31. The van der Waals surface area contributed by atoms with E-state index in [0.717, 1.165) is 18.7 Å².